The van der Waals surface area contributed by atoms with Crippen molar-refractivity contribution in [2.24, 2.45) is 11.8 Å². The van der Waals surface area contributed by atoms with E-state index >= 15 is 0 Å². The normalized spacial score (nSPS) is 24.6. The van der Waals surface area contributed by atoms with Gasteiger partial charge in [0.15, 0.2) is 0 Å². The molecule has 2 rings (SSSR count). The molecule has 0 aliphatic heterocycles. The minimum atomic E-state index is -0.0911. The van der Waals surface area contributed by atoms with Gasteiger partial charge in [0, 0.05) is 16.1 Å². The summed E-state index contributed by atoms with van der Waals surface area (Å²) in [4.78, 5) is 0. The van der Waals surface area contributed by atoms with E-state index in [0.717, 1.165) is 28.9 Å². The molecule has 1 unspecified atom stereocenters. The molecule has 0 spiro atoms. The highest BCUT2D eigenvalue weighted by Crippen LogP contribution is 2.39. The van der Waals surface area contributed by atoms with Crippen molar-refractivity contribution in [1.29, 1.82) is 0 Å². The summed E-state index contributed by atoms with van der Waals surface area (Å²) in [6, 6.07) is 5.43. The van der Waals surface area contributed by atoms with Crippen molar-refractivity contribution >= 4 is 15.9 Å². The third-order valence-corrected chi connectivity index (χ3v) is 5.15. The Labute approximate surface area is 130 Å². The van der Waals surface area contributed by atoms with Gasteiger partial charge in [-0.25, -0.2) is 4.39 Å². The van der Waals surface area contributed by atoms with Crippen molar-refractivity contribution in [3.63, 3.8) is 0 Å². The minimum Gasteiger partial charge on any atom is -0.310 e. The molecule has 1 aliphatic rings. The van der Waals surface area contributed by atoms with Crippen LogP contribution in [0, 0.1) is 17.7 Å². The van der Waals surface area contributed by atoms with Crippen molar-refractivity contribution in [2.45, 2.75) is 52.0 Å². The van der Waals surface area contributed by atoms with Gasteiger partial charge < -0.3 is 5.32 Å². The summed E-state index contributed by atoms with van der Waals surface area (Å²) in [5.74, 6) is 1.28. The third kappa shape index (κ3) is 3.82. The minimum absolute atomic E-state index is 0.0911. The summed E-state index contributed by atoms with van der Waals surface area (Å²) in [5.41, 5.74) is 0.820. The molecule has 1 atom stereocenters. The fraction of sp³-hybridized carbons (Fsp3) is 0.647. The Morgan fingerprint density at radius 3 is 2.60 bits per heavy atom. The van der Waals surface area contributed by atoms with Crippen LogP contribution in [0.3, 0.4) is 0 Å². The average Bonchev–Trinajstić information content (AvgIpc) is 2.43. The van der Waals surface area contributed by atoms with Crippen LogP contribution >= 0.6 is 15.9 Å². The first-order chi connectivity index (χ1) is 9.63. The van der Waals surface area contributed by atoms with Crippen molar-refractivity contribution in [2.75, 3.05) is 6.54 Å². The first-order valence-corrected chi connectivity index (χ1v) is 8.60. The molecule has 20 heavy (non-hydrogen) atoms. The predicted molar refractivity (Wildman–Crippen MR) is 86.3 cm³/mol. The van der Waals surface area contributed by atoms with E-state index in [9.17, 15) is 4.39 Å². The van der Waals surface area contributed by atoms with Crippen LogP contribution in [0.2, 0.25) is 0 Å². The van der Waals surface area contributed by atoms with Crippen LogP contribution in [-0.4, -0.2) is 6.54 Å². The topological polar surface area (TPSA) is 12.0 Å². The van der Waals surface area contributed by atoms with E-state index < -0.39 is 0 Å². The zero-order valence-corrected chi connectivity index (χ0v) is 14.0. The quantitative estimate of drug-likeness (QED) is 0.750. The lowest BCUT2D eigenvalue weighted by molar-refractivity contribution is 0.228. The van der Waals surface area contributed by atoms with Crippen LogP contribution in [0.4, 0.5) is 4.39 Å². The van der Waals surface area contributed by atoms with Gasteiger partial charge in [-0.3, -0.25) is 0 Å². The zero-order valence-electron chi connectivity index (χ0n) is 12.5. The van der Waals surface area contributed by atoms with E-state index in [1.807, 2.05) is 6.07 Å². The average molecular weight is 342 g/mol. The van der Waals surface area contributed by atoms with Crippen LogP contribution in [0.1, 0.15) is 57.6 Å². The van der Waals surface area contributed by atoms with Crippen molar-refractivity contribution < 1.29 is 4.39 Å². The Morgan fingerprint density at radius 2 is 2.00 bits per heavy atom. The molecule has 112 valence electrons. The van der Waals surface area contributed by atoms with Crippen molar-refractivity contribution in [3.8, 4) is 0 Å². The fourth-order valence-corrected chi connectivity index (χ4v) is 3.82. The molecule has 1 fully saturated rings. The molecular weight excluding hydrogens is 317 g/mol. The SMILES string of the molecule is CCCNC(c1c(F)cccc1Br)C1CCC(C)CC1. The maximum Gasteiger partial charge on any atom is 0.129 e. The van der Waals surface area contributed by atoms with Crippen LogP contribution in [-0.2, 0) is 0 Å². The number of hydrogen-bond donors (Lipinski definition) is 1. The maximum absolute atomic E-state index is 14.3. The molecule has 3 heteroatoms. The van der Waals surface area contributed by atoms with Crippen LogP contribution in [0.5, 0.6) is 0 Å². The lowest BCUT2D eigenvalue weighted by Crippen LogP contribution is -2.32. The van der Waals surface area contributed by atoms with E-state index in [1.165, 1.54) is 25.7 Å². The molecule has 0 radical (unpaired) electrons. The zero-order chi connectivity index (χ0) is 14.5. The van der Waals surface area contributed by atoms with E-state index in [0.29, 0.717) is 5.92 Å². The van der Waals surface area contributed by atoms with Gasteiger partial charge in [0.25, 0.3) is 0 Å². The molecule has 1 aliphatic carbocycles. The molecule has 0 bridgehead atoms. The number of benzene rings is 1. The maximum atomic E-state index is 14.3. The highest BCUT2D eigenvalue weighted by molar-refractivity contribution is 9.10. The summed E-state index contributed by atoms with van der Waals surface area (Å²) in [5, 5.41) is 3.58. The molecule has 1 aromatic carbocycles. The van der Waals surface area contributed by atoms with E-state index in [2.05, 4.69) is 35.1 Å². The van der Waals surface area contributed by atoms with Crippen LogP contribution in [0.25, 0.3) is 0 Å². The first-order valence-electron chi connectivity index (χ1n) is 7.80. The predicted octanol–water partition coefficient (Wildman–Crippen LogP) is 5.46. The number of halogens is 2. The molecule has 1 saturated carbocycles. The van der Waals surface area contributed by atoms with Gasteiger partial charge in [0.05, 0.1) is 0 Å². The Morgan fingerprint density at radius 1 is 1.30 bits per heavy atom. The lowest BCUT2D eigenvalue weighted by Gasteiger charge is -2.34. The monoisotopic (exact) mass is 341 g/mol. The van der Waals surface area contributed by atoms with Gasteiger partial charge in [-0.2, -0.15) is 0 Å². The van der Waals surface area contributed by atoms with Gasteiger partial charge >= 0.3 is 0 Å². The summed E-state index contributed by atoms with van der Waals surface area (Å²) < 4.78 is 15.2. The molecule has 0 amide bonds. The van der Waals surface area contributed by atoms with Gasteiger partial charge in [-0.05, 0) is 49.8 Å². The second-order valence-corrected chi connectivity index (χ2v) is 6.94. The molecule has 1 N–H and O–H groups in total. The molecule has 0 aromatic heterocycles. The summed E-state index contributed by atoms with van der Waals surface area (Å²) >= 11 is 3.54. The standard InChI is InChI=1S/C17H25BrFN/c1-3-11-20-17(13-9-7-12(2)8-10-13)16-14(18)5-4-6-15(16)19/h4-6,12-13,17,20H,3,7-11H2,1-2H3. The van der Waals surface area contributed by atoms with Crippen LogP contribution < -0.4 is 5.32 Å². The van der Waals surface area contributed by atoms with Gasteiger partial charge in [0.2, 0.25) is 0 Å². The van der Waals surface area contributed by atoms with Gasteiger partial charge in [0.1, 0.15) is 5.82 Å². The highest BCUT2D eigenvalue weighted by atomic mass is 79.9. The molecule has 1 nitrogen and oxygen atoms in total. The second kappa shape index (κ2) is 7.56. The van der Waals surface area contributed by atoms with E-state index in [1.54, 1.807) is 12.1 Å². The lowest BCUT2D eigenvalue weighted by atomic mass is 9.77. The Balaban J connectivity index is 2.22. The molecule has 1 aromatic rings. The molecular formula is C17H25BrFN. The summed E-state index contributed by atoms with van der Waals surface area (Å²) in [6.07, 6.45) is 6.00. The second-order valence-electron chi connectivity index (χ2n) is 6.09. The molecule has 0 heterocycles. The number of nitrogens with one attached hydrogen (secondary N) is 1. The Kier molecular flexibility index (Phi) is 6.03. The Bertz CT molecular complexity index is 407. The third-order valence-electron chi connectivity index (χ3n) is 4.46. The summed E-state index contributed by atoms with van der Waals surface area (Å²) in [6.45, 7) is 5.42. The number of rotatable bonds is 5. The first kappa shape index (κ1) is 16.0. The van der Waals surface area contributed by atoms with Gasteiger partial charge in [-0.15, -0.1) is 0 Å². The van der Waals surface area contributed by atoms with Gasteiger partial charge in [-0.1, -0.05) is 48.7 Å². The van der Waals surface area contributed by atoms with Crippen molar-refractivity contribution in [1.82, 2.24) is 5.32 Å². The molecule has 0 saturated heterocycles. The highest BCUT2D eigenvalue weighted by Gasteiger charge is 2.29. The van der Waals surface area contributed by atoms with Crippen LogP contribution in [0.15, 0.2) is 22.7 Å². The Hall–Kier alpha value is -0.410. The number of hydrogen-bond acceptors (Lipinski definition) is 1. The summed E-state index contributed by atoms with van der Waals surface area (Å²) in [7, 11) is 0. The largest absolute Gasteiger partial charge is 0.310 e. The fourth-order valence-electron chi connectivity index (χ4n) is 3.23. The van der Waals surface area contributed by atoms with E-state index in [4.69, 9.17) is 0 Å². The van der Waals surface area contributed by atoms with Crippen molar-refractivity contribution in [3.05, 3.63) is 34.1 Å². The van der Waals surface area contributed by atoms with E-state index in [-0.39, 0.29) is 11.9 Å². The smallest absolute Gasteiger partial charge is 0.129 e.